The van der Waals surface area contributed by atoms with E-state index < -0.39 is 0 Å². The van der Waals surface area contributed by atoms with Gasteiger partial charge in [-0.05, 0) is 32.1 Å². The predicted octanol–water partition coefficient (Wildman–Crippen LogP) is 2.60. The third-order valence-corrected chi connectivity index (χ3v) is 3.33. The average Bonchev–Trinajstić information content (AvgIpc) is 2.09. The van der Waals surface area contributed by atoms with Crippen LogP contribution in [0.3, 0.4) is 0 Å². The van der Waals surface area contributed by atoms with Gasteiger partial charge in [-0.3, -0.25) is 0 Å². The second-order valence-electron chi connectivity index (χ2n) is 4.10. The maximum absolute atomic E-state index is 8.64. The van der Waals surface area contributed by atoms with E-state index in [1.807, 2.05) is 0 Å². The molecular weight excluding hydrogens is 160 g/mol. The van der Waals surface area contributed by atoms with Crippen LogP contribution in [0.15, 0.2) is 0 Å². The van der Waals surface area contributed by atoms with E-state index in [4.69, 9.17) is 5.26 Å². The normalized spacial score (nSPS) is 21.6. The zero-order chi connectivity index (χ0) is 9.73. The highest BCUT2D eigenvalue weighted by molar-refractivity contribution is 4.97. The Morgan fingerprint density at radius 3 is 2.46 bits per heavy atom. The molecule has 2 heteroatoms. The number of hydrogen-bond donors (Lipinski definition) is 1. The van der Waals surface area contributed by atoms with Crippen LogP contribution in [0, 0.1) is 11.3 Å². The van der Waals surface area contributed by atoms with Crippen molar-refractivity contribution in [3.05, 3.63) is 0 Å². The summed E-state index contributed by atoms with van der Waals surface area (Å²) in [7, 11) is 0. The van der Waals surface area contributed by atoms with Gasteiger partial charge in [-0.2, -0.15) is 5.26 Å². The van der Waals surface area contributed by atoms with Crippen molar-refractivity contribution < 1.29 is 0 Å². The molecule has 74 valence electrons. The molecule has 0 bridgehead atoms. The first-order valence-electron chi connectivity index (χ1n) is 5.41. The minimum absolute atomic E-state index is 0.386. The van der Waals surface area contributed by atoms with Crippen molar-refractivity contribution in [2.45, 2.75) is 64.0 Å². The van der Waals surface area contributed by atoms with Gasteiger partial charge in [0.25, 0.3) is 0 Å². The van der Waals surface area contributed by atoms with Gasteiger partial charge in [-0.15, -0.1) is 0 Å². The smallest absolute Gasteiger partial charge is 0.0638 e. The van der Waals surface area contributed by atoms with Gasteiger partial charge >= 0.3 is 0 Å². The fourth-order valence-electron chi connectivity index (χ4n) is 2.04. The second-order valence-corrected chi connectivity index (χ2v) is 4.10. The summed E-state index contributed by atoms with van der Waals surface area (Å²) < 4.78 is 0. The molecule has 0 heterocycles. The molecule has 0 aromatic rings. The predicted molar refractivity (Wildman–Crippen MR) is 54.3 cm³/mol. The molecule has 13 heavy (non-hydrogen) atoms. The van der Waals surface area contributed by atoms with Crippen LogP contribution in [-0.2, 0) is 0 Å². The molecule has 0 spiro atoms. The summed E-state index contributed by atoms with van der Waals surface area (Å²) in [5.41, 5.74) is 0.386. The van der Waals surface area contributed by atoms with Crippen LogP contribution in [0.5, 0.6) is 0 Å². The highest BCUT2D eigenvalue weighted by Crippen LogP contribution is 2.35. The fraction of sp³-hybridized carbons (Fsp3) is 0.909. The van der Waals surface area contributed by atoms with Crippen LogP contribution >= 0.6 is 0 Å². The summed E-state index contributed by atoms with van der Waals surface area (Å²) in [6, 6.07) is 2.66. The van der Waals surface area contributed by atoms with E-state index in [0.717, 1.165) is 6.42 Å². The highest BCUT2D eigenvalue weighted by Gasteiger charge is 2.35. The molecule has 1 aliphatic rings. The van der Waals surface area contributed by atoms with Gasteiger partial charge < -0.3 is 5.32 Å². The van der Waals surface area contributed by atoms with Crippen LogP contribution in [0.25, 0.3) is 0 Å². The van der Waals surface area contributed by atoms with E-state index in [9.17, 15) is 0 Å². The Morgan fingerprint density at radius 2 is 2.15 bits per heavy atom. The van der Waals surface area contributed by atoms with Crippen molar-refractivity contribution in [1.82, 2.24) is 5.32 Å². The van der Waals surface area contributed by atoms with E-state index in [2.05, 4.69) is 25.2 Å². The minimum atomic E-state index is 0.386. The Balaban J connectivity index is 2.40. The molecule has 1 aliphatic carbocycles. The van der Waals surface area contributed by atoms with Crippen LogP contribution in [0.4, 0.5) is 0 Å². The second kappa shape index (κ2) is 4.62. The molecule has 1 saturated carbocycles. The monoisotopic (exact) mass is 180 g/mol. The van der Waals surface area contributed by atoms with Gasteiger partial charge in [-0.25, -0.2) is 0 Å². The molecule has 0 radical (unpaired) electrons. The van der Waals surface area contributed by atoms with Crippen molar-refractivity contribution in [2.75, 3.05) is 0 Å². The van der Waals surface area contributed by atoms with E-state index >= 15 is 0 Å². The highest BCUT2D eigenvalue weighted by atomic mass is 15.0. The number of hydrogen-bond acceptors (Lipinski definition) is 2. The zero-order valence-corrected chi connectivity index (χ0v) is 8.77. The van der Waals surface area contributed by atoms with Crippen molar-refractivity contribution in [2.24, 2.45) is 0 Å². The molecule has 1 rings (SSSR count). The molecular formula is C11H20N2. The van der Waals surface area contributed by atoms with Crippen LogP contribution in [0.1, 0.15) is 52.4 Å². The van der Waals surface area contributed by atoms with Crippen molar-refractivity contribution in [3.63, 3.8) is 0 Å². The third kappa shape index (κ3) is 2.45. The lowest BCUT2D eigenvalue weighted by Gasteiger charge is -2.44. The standard InChI is InChI=1S/C11H20N2/c1-3-10(6-9-12)13-11(4-2)7-5-8-11/h10,13H,3-8H2,1-2H3. The van der Waals surface area contributed by atoms with Gasteiger partial charge in [-0.1, -0.05) is 13.8 Å². The van der Waals surface area contributed by atoms with Crippen LogP contribution in [0.2, 0.25) is 0 Å². The molecule has 1 unspecified atom stereocenters. The largest absolute Gasteiger partial charge is 0.307 e. The fourth-order valence-corrected chi connectivity index (χ4v) is 2.04. The van der Waals surface area contributed by atoms with E-state index in [1.54, 1.807) is 0 Å². The Morgan fingerprint density at radius 1 is 1.46 bits per heavy atom. The van der Waals surface area contributed by atoms with Crippen molar-refractivity contribution >= 4 is 0 Å². The molecule has 0 aliphatic heterocycles. The Hall–Kier alpha value is -0.550. The van der Waals surface area contributed by atoms with E-state index in [1.165, 1.54) is 25.7 Å². The molecule has 1 atom stereocenters. The SMILES string of the molecule is CCC(CC#N)NC1(CC)CCC1. The van der Waals surface area contributed by atoms with Crippen LogP contribution < -0.4 is 5.32 Å². The maximum Gasteiger partial charge on any atom is 0.0638 e. The summed E-state index contributed by atoms with van der Waals surface area (Å²) in [6.45, 7) is 4.39. The molecule has 0 aromatic heterocycles. The lowest BCUT2D eigenvalue weighted by Crippen LogP contribution is -2.54. The first-order valence-corrected chi connectivity index (χ1v) is 5.41. The zero-order valence-electron chi connectivity index (χ0n) is 8.77. The summed E-state index contributed by atoms with van der Waals surface area (Å²) >= 11 is 0. The van der Waals surface area contributed by atoms with E-state index in [0.29, 0.717) is 18.0 Å². The lowest BCUT2D eigenvalue weighted by molar-refractivity contribution is 0.155. The summed E-state index contributed by atoms with van der Waals surface area (Å²) in [5, 5.41) is 12.3. The number of rotatable bonds is 5. The van der Waals surface area contributed by atoms with Crippen LogP contribution in [-0.4, -0.2) is 11.6 Å². The quantitative estimate of drug-likeness (QED) is 0.706. The van der Waals surface area contributed by atoms with Crippen molar-refractivity contribution in [1.29, 1.82) is 5.26 Å². The molecule has 0 amide bonds. The number of nitrogens with zero attached hydrogens (tertiary/aromatic N) is 1. The number of nitrogens with one attached hydrogen (secondary N) is 1. The van der Waals surface area contributed by atoms with E-state index in [-0.39, 0.29) is 0 Å². The first-order chi connectivity index (χ1) is 6.26. The maximum atomic E-state index is 8.64. The Kier molecular flexibility index (Phi) is 3.74. The van der Waals surface area contributed by atoms with Gasteiger partial charge in [0.1, 0.15) is 0 Å². The average molecular weight is 180 g/mol. The molecule has 0 saturated heterocycles. The Labute approximate surface area is 81.3 Å². The molecule has 1 N–H and O–H groups in total. The van der Waals surface area contributed by atoms with Gasteiger partial charge in [0.15, 0.2) is 0 Å². The topological polar surface area (TPSA) is 35.8 Å². The molecule has 2 nitrogen and oxygen atoms in total. The minimum Gasteiger partial charge on any atom is -0.307 e. The number of nitriles is 1. The van der Waals surface area contributed by atoms with Gasteiger partial charge in [0.2, 0.25) is 0 Å². The van der Waals surface area contributed by atoms with Gasteiger partial charge in [0, 0.05) is 11.6 Å². The van der Waals surface area contributed by atoms with Crippen molar-refractivity contribution in [3.8, 4) is 6.07 Å². The summed E-state index contributed by atoms with van der Waals surface area (Å²) in [6.07, 6.45) is 6.86. The third-order valence-electron chi connectivity index (χ3n) is 3.33. The summed E-state index contributed by atoms with van der Waals surface area (Å²) in [5.74, 6) is 0. The molecule has 0 aromatic carbocycles. The van der Waals surface area contributed by atoms with Gasteiger partial charge in [0.05, 0.1) is 12.5 Å². The lowest BCUT2D eigenvalue weighted by atomic mass is 9.74. The summed E-state index contributed by atoms with van der Waals surface area (Å²) in [4.78, 5) is 0. The Bertz CT molecular complexity index is 183. The molecule has 1 fully saturated rings. The first kappa shape index (κ1) is 10.5.